The molecule has 1 fully saturated rings. The van der Waals surface area contributed by atoms with Crippen molar-refractivity contribution in [3.8, 4) is 11.5 Å². The Balaban J connectivity index is 1.76. The summed E-state index contributed by atoms with van der Waals surface area (Å²) < 4.78 is 5.85. The fourth-order valence-electron chi connectivity index (χ4n) is 3.29. The maximum Gasteiger partial charge on any atom is 0.227 e. The molecular formula is C19H16ClN3O3. The molecule has 7 heteroatoms. The lowest BCUT2D eigenvalue weighted by Crippen LogP contribution is -2.28. The number of anilines is 1. The number of carbonyl (C=O) groups excluding carboxylic acids is 2. The van der Waals surface area contributed by atoms with Crippen LogP contribution in [0.3, 0.4) is 0 Å². The zero-order valence-corrected chi connectivity index (χ0v) is 14.8. The number of amides is 2. The summed E-state index contributed by atoms with van der Waals surface area (Å²) in [5.41, 5.74) is 9.04. The van der Waals surface area contributed by atoms with E-state index in [2.05, 4.69) is 4.98 Å². The number of aromatic nitrogens is 1. The van der Waals surface area contributed by atoms with E-state index >= 15 is 0 Å². The molecule has 0 aliphatic carbocycles. The van der Waals surface area contributed by atoms with Gasteiger partial charge in [0.1, 0.15) is 5.52 Å². The van der Waals surface area contributed by atoms with Crippen LogP contribution in [0.5, 0.6) is 0 Å². The molecule has 0 bridgehead atoms. The largest absolute Gasteiger partial charge is 0.436 e. The molecule has 26 heavy (non-hydrogen) atoms. The normalized spacial score (nSPS) is 17.2. The number of benzene rings is 2. The van der Waals surface area contributed by atoms with Crippen LogP contribution in [0, 0.1) is 12.8 Å². The summed E-state index contributed by atoms with van der Waals surface area (Å²) in [6.07, 6.45) is 0.139. The predicted octanol–water partition coefficient (Wildman–Crippen LogP) is 3.29. The van der Waals surface area contributed by atoms with Crippen LogP contribution in [-0.4, -0.2) is 23.3 Å². The zero-order valence-electron chi connectivity index (χ0n) is 14.0. The van der Waals surface area contributed by atoms with E-state index in [0.29, 0.717) is 28.6 Å². The van der Waals surface area contributed by atoms with Gasteiger partial charge in [-0.15, -0.1) is 0 Å². The summed E-state index contributed by atoms with van der Waals surface area (Å²) in [5, 5.41) is 0.586. The maximum atomic E-state index is 12.3. The SMILES string of the molecule is Cc1c(-c2nc3cc(Cl)ccc3o2)cccc1N1C[C@@H](C(N)=O)CC1=O. The van der Waals surface area contributed by atoms with Crippen LogP contribution in [0.25, 0.3) is 22.6 Å². The van der Waals surface area contributed by atoms with E-state index in [1.807, 2.05) is 25.1 Å². The maximum absolute atomic E-state index is 12.3. The molecule has 1 atom stereocenters. The molecule has 1 aliphatic heterocycles. The number of halogens is 1. The minimum absolute atomic E-state index is 0.113. The minimum Gasteiger partial charge on any atom is -0.436 e. The van der Waals surface area contributed by atoms with Crippen molar-refractivity contribution < 1.29 is 14.0 Å². The molecular weight excluding hydrogens is 354 g/mol. The van der Waals surface area contributed by atoms with E-state index in [4.69, 9.17) is 21.8 Å². The second-order valence-corrected chi connectivity index (χ2v) is 6.82. The fraction of sp³-hybridized carbons (Fsp3) is 0.211. The van der Waals surface area contributed by atoms with Gasteiger partial charge in [0.15, 0.2) is 5.58 Å². The van der Waals surface area contributed by atoms with Gasteiger partial charge >= 0.3 is 0 Å². The van der Waals surface area contributed by atoms with Crippen molar-refractivity contribution in [2.24, 2.45) is 11.7 Å². The molecule has 2 N–H and O–H groups in total. The first kappa shape index (κ1) is 16.6. The van der Waals surface area contributed by atoms with E-state index < -0.39 is 11.8 Å². The third-order valence-electron chi connectivity index (χ3n) is 4.70. The molecule has 2 aromatic carbocycles. The Morgan fingerprint density at radius 1 is 1.35 bits per heavy atom. The average molecular weight is 370 g/mol. The van der Waals surface area contributed by atoms with Gasteiger partial charge in [0.25, 0.3) is 0 Å². The zero-order chi connectivity index (χ0) is 18.4. The first-order valence-electron chi connectivity index (χ1n) is 8.20. The number of hydrogen-bond donors (Lipinski definition) is 1. The van der Waals surface area contributed by atoms with Crippen LogP contribution in [0.4, 0.5) is 5.69 Å². The second kappa shape index (κ2) is 6.14. The topological polar surface area (TPSA) is 89.4 Å². The number of carbonyl (C=O) groups is 2. The Kier molecular flexibility index (Phi) is 3.92. The van der Waals surface area contributed by atoms with E-state index in [-0.39, 0.29) is 12.3 Å². The van der Waals surface area contributed by atoms with Gasteiger partial charge in [-0.25, -0.2) is 4.98 Å². The Hall–Kier alpha value is -2.86. The third-order valence-corrected chi connectivity index (χ3v) is 4.94. The van der Waals surface area contributed by atoms with E-state index in [1.54, 1.807) is 23.1 Å². The monoisotopic (exact) mass is 369 g/mol. The lowest BCUT2D eigenvalue weighted by Gasteiger charge is -2.20. The molecule has 6 nitrogen and oxygen atoms in total. The van der Waals surface area contributed by atoms with Crippen LogP contribution in [0.2, 0.25) is 5.02 Å². The third kappa shape index (κ3) is 2.72. The Morgan fingerprint density at radius 2 is 2.15 bits per heavy atom. The number of oxazole rings is 1. The number of nitrogens with zero attached hydrogens (tertiary/aromatic N) is 2. The van der Waals surface area contributed by atoms with Crippen molar-refractivity contribution in [1.82, 2.24) is 4.98 Å². The molecule has 132 valence electrons. The van der Waals surface area contributed by atoms with Gasteiger partial charge in [-0.2, -0.15) is 0 Å². The van der Waals surface area contributed by atoms with Crippen molar-refractivity contribution in [2.45, 2.75) is 13.3 Å². The van der Waals surface area contributed by atoms with Crippen molar-refractivity contribution in [2.75, 3.05) is 11.4 Å². The highest BCUT2D eigenvalue weighted by Crippen LogP contribution is 2.35. The van der Waals surface area contributed by atoms with Crippen molar-refractivity contribution >= 4 is 40.2 Å². The molecule has 1 aromatic heterocycles. The van der Waals surface area contributed by atoms with Gasteiger partial charge in [-0.3, -0.25) is 9.59 Å². The van der Waals surface area contributed by atoms with Gasteiger partial charge in [0.2, 0.25) is 17.7 Å². The van der Waals surface area contributed by atoms with Gasteiger partial charge in [0.05, 0.1) is 5.92 Å². The number of primary amides is 1. The predicted molar refractivity (Wildman–Crippen MR) is 98.8 cm³/mol. The molecule has 1 aliphatic rings. The van der Waals surface area contributed by atoms with Crippen LogP contribution in [0.15, 0.2) is 40.8 Å². The highest BCUT2D eigenvalue weighted by molar-refractivity contribution is 6.31. The number of rotatable bonds is 3. The lowest BCUT2D eigenvalue weighted by atomic mass is 10.1. The number of nitrogens with two attached hydrogens (primary N) is 1. The first-order valence-corrected chi connectivity index (χ1v) is 8.57. The Morgan fingerprint density at radius 3 is 2.88 bits per heavy atom. The molecule has 0 saturated carbocycles. The molecule has 1 saturated heterocycles. The number of fused-ring (bicyclic) bond motifs is 1. The average Bonchev–Trinajstić information content (AvgIpc) is 3.18. The van der Waals surface area contributed by atoms with Crippen molar-refractivity contribution in [3.63, 3.8) is 0 Å². The lowest BCUT2D eigenvalue weighted by molar-refractivity contribution is -0.123. The van der Waals surface area contributed by atoms with Gasteiger partial charge in [0, 0.05) is 29.2 Å². The fourth-order valence-corrected chi connectivity index (χ4v) is 3.46. The van der Waals surface area contributed by atoms with E-state index in [9.17, 15) is 9.59 Å². The highest BCUT2D eigenvalue weighted by Gasteiger charge is 2.34. The van der Waals surface area contributed by atoms with E-state index in [0.717, 1.165) is 16.8 Å². The van der Waals surface area contributed by atoms with Gasteiger partial charge < -0.3 is 15.1 Å². The van der Waals surface area contributed by atoms with Crippen LogP contribution in [0.1, 0.15) is 12.0 Å². The van der Waals surface area contributed by atoms with Crippen molar-refractivity contribution in [1.29, 1.82) is 0 Å². The summed E-state index contributed by atoms with van der Waals surface area (Å²) in [6, 6.07) is 10.8. The quantitative estimate of drug-likeness (QED) is 0.767. The first-order chi connectivity index (χ1) is 12.4. The summed E-state index contributed by atoms with van der Waals surface area (Å²) >= 11 is 6.01. The second-order valence-electron chi connectivity index (χ2n) is 6.39. The molecule has 3 aromatic rings. The molecule has 0 radical (unpaired) electrons. The summed E-state index contributed by atoms with van der Waals surface area (Å²) in [4.78, 5) is 29.9. The molecule has 2 amide bonds. The Bertz CT molecular complexity index is 1040. The summed E-state index contributed by atoms with van der Waals surface area (Å²) in [5.74, 6) is -0.569. The van der Waals surface area contributed by atoms with Crippen molar-refractivity contribution in [3.05, 3.63) is 47.0 Å². The smallest absolute Gasteiger partial charge is 0.227 e. The van der Waals surface area contributed by atoms with Crippen LogP contribution < -0.4 is 10.6 Å². The standard InChI is InChI=1S/C19H16ClN3O3/c1-10-13(19-22-14-8-12(20)5-6-16(14)26-19)3-2-4-15(10)23-9-11(18(21)25)7-17(23)24/h2-6,8,11H,7,9H2,1H3,(H2,21,25)/t11-/m0/s1. The summed E-state index contributed by atoms with van der Waals surface area (Å²) in [6.45, 7) is 2.19. The molecule has 0 unspecified atom stereocenters. The van der Waals surface area contributed by atoms with E-state index in [1.165, 1.54) is 0 Å². The van der Waals surface area contributed by atoms with Gasteiger partial charge in [-0.05, 0) is 42.8 Å². The van der Waals surface area contributed by atoms with Crippen LogP contribution in [-0.2, 0) is 9.59 Å². The minimum atomic E-state index is -0.461. The summed E-state index contributed by atoms with van der Waals surface area (Å²) in [7, 11) is 0. The highest BCUT2D eigenvalue weighted by atomic mass is 35.5. The number of hydrogen-bond acceptors (Lipinski definition) is 4. The van der Waals surface area contributed by atoms with Crippen LogP contribution >= 0.6 is 11.6 Å². The molecule has 4 rings (SSSR count). The molecule has 0 spiro atoms. The van der Waals surface area contributed by atoms with Gasteiger partial charge in [-0.1, -0.05) is 17.7 Å². The molecule has 2 heterocycles. The Labute approximate surface area is 154 Å².